The van der Waals surface area contributed by atoms with Gasteiger partial charge in [0.25, 0.3) is 0 Å². The topological polar surface area (TPSA) is 108 Å². The highest BCUT2D eigenvalue weighted by Crippen LogP contribution is 2.46. The minimum Gasteiger partial charge on any atom is -0.496 e. The first-order valence-electron chi connectivity index (χ1n) is 8.20. The number of aromatic nitrogens is 3. The van der Waals surface area contributed by atoms with Crippen LogP contribution in [0.3, 0.4) is 0 Å². The second kappa shape index (κ2) is 6.21. The van der Waals surface area contributed by atoms with Gasteiger partial charge in [0, 0.05) is 36.0 Å². The van der Waals surface area contributed by atoms with Crippen molar-refractivity contribution in [2.45, 2.75) is 6.92 Å². The lowest BCUT2D eigenvalue weighted by atomic mass is 9.92. The molecule has 2 aromatic heterocycles. The van der Waals surface area contributed by atoms with Crippen LogP contribution < -0.4 is 19.9 Å². The van der Waals surface area contributed by atoms with E-state index >= 15 is 0 Å². The predicted octanol–water partition coefficient (Wildman–Crippen LogP) is 2.65. The molecule has 8 nitrogen and oxygen atoms in total. The van der Waals surface area contributed by atoms with Gasteiger partial charge in [0.2, 0.25) is 6.79 Å². The summed E-state index contributed by atoms with van der Waals surface area (Å²) in [5.41, 5.74) is 10.0. The molecule has 0 saturated carbocycles. The normalized spacial score (nSPS) is 12.1. The van der Waals surface area contributed by atoms with Gasteiger partial charge in [0.15, 0.2) is 11.5 Å². The molecular formula is C19H17N5O3. The predicted molar refractivity (Wildman–Crippen MR) is 98.4 cm³/mol. The van der Waals surface area contributed by atoms with Crippen molar-refractivity contribution in [2.24, 2.45) is 7.05 Å². The molecule has 1 aromatic carbocycles. The van der Waals surface area contributed by atoms with Crippen molar-refractivity contribution < 1.29 is 14.2 Å². The summed E-state index contributed by atoms with van der Waals surface area (Å²) in [6.07, 6.45) is 3.56. The second-order valence-electron chi connectivity index (χ2n) is 6.14. The molecule has 1 aliphatic heterocycles. The summed E-state index contributed by atoms with van der Waals surface area (Å²) in [6, 6.07) is 5.72. The Morgan fingerprint density at radius 2 is 2.04 bits per heavy atom. The van der Waals surface area contributed by atoms with Crippen molar-refractivity contribution in [2.75, 3.05) is 19.6 Å². The fraction of sp³-hybridized carbons (Fsp3) is 0.211. The number of anilines is 1. The molecule has 1 aliphatic rings. The summed E-state index contributed by atoms with van der Waals surface area (Å²) < 4.78 is 18.2. The van der Waals surface area contributed by atoms with Crippen LogP contribution >= 0.6 is 0 Å². The first-order valence-corrected chi connectivity index (χ1v) is 8.20. The number of hydrogen-bond acceptors (Lipinski definition) is 7. The van der Waals surface area contributed by atoms with Gasteiger partial charge < -0.3 is 19.9 Å². The number of benzene rings is 1. The van der Waals surface area contributed by atoms with E-state index in [1.165, 1.54) is 0 Å². The van der Waals surface area contributed by atoms with Crippen molar-refractivity contribution in [3.05, 3.63) is 35.7 Å². The molecule has 0 saturated heterocycles. The Kier molecular flexibility index (Phi) is 3.85. The minimum absolute atomic E-state index is 0.144. The SMILES string of the molecule is COc1cc2c(cc1-c1c(C)c(-c3cnn(C)c3)nc(N)c1C#N)OCO2. The number of nitrogens with two attached hydrogens (primary N) is 1. The number of nitrogen functional groups attached to an aromatic ring is 1. The zero-order chi connectivity index (χ0) is 19.1. The number of aryl methyl sites for hydroxylation is 1. The lowest BCUT2D eigenvalue weighted by Crippen LogP contribution is -2.04. The van der Waals surface area contributed by atoms with Gasteiger partial charge in [-0.15, -0.1) is 0 Å². The largest absolute Gasteiger partial charge is 0.496 e. The maximum absolute atomic E-state index is 9.72. The number of ether oxygens (including phenoxy) is 3. The zero-order valence-corrected chi connectivity index (χ0v) is 15.1. The maximum Gasteiger partial charge on any atom is 0.231 e. The van der Waals surface area contributed by atoms with E-state index in [1.807, 2.05) is 20.2 Å². The van der Waals surface area contributed by atoms with Crippen molar-refractivity contribution in [3.63, 3.8) is 0 Å². The van der Waals surface area contributed by atoms with Gasteiger partial charge in [0.1, 0.15) is 23.2 Å². The van der Waals surface area contributed by atoms with Crippen LogP contribution in [0.1, 0.15) is 11.1 Å². The maximum atomic E-state index is 9.72. The van der Waals surface area contributed by atoms with Crippen molar-refractivity contribution >= 4 is 5.82 Å². The number of nitrogens with zero attached hydrogens (tertiary/aromatic N) is 4. The Bertz CT molecular complexity index is 1100. The molecule has 0 unspecified atom stereocenters. The summed E-state index contributed by atoms with van der Waals surface area (Å²) in [7, 11) is 3.39. The highest BCUT2D eigenvalue weighted by Gasteiger charge is 2.25. The van der Waals surface area contributed by atoms with Gasteiger partial charge in [-0.25, -0.2) is 4.98 Å². The fourth-order valence-corrected chi connectivity index (χ4v) is 3.26. The number of rotatable bonds is 3. The number of fused-ring (bicyclic) bond motifs is 1. The Hall–Kier alpha value is -3.73. The van der Waals surface area contributed by atoms with Crippen LogP contribution in [0.25, 0.3) is 22.4 Å². The summed E-state index contributed by atoms with van der Waals surface area (Å²) in [5.74, 6) is 1.90. The van der Waals surface area contributed by atoms with Crippen LogP contribution in [-0.2, 0) is 7.05 Å². The number of pyridine rings is 1. The van der Waals surface area contributed by atoms with E-state index in [0.717, 1.165) is 11.1 Å². The highest BCUT2D eigenvalue weighted by molar-refractivity contribution is 5.87. The monoisotopic (exact) mass is 363 g/mol. The average Bonchev–Trinajstić information content (AvgIpc) is 3.30. The Morgan fingerprint density at radius 1 is 1.30 bits per heavy atom. The van der Waals surface area contributed by atoms with Crippen LogP contribution in [0.4, 0.5) is 5.82 Å². The quantitative estimate of drug-likeness (QED) is 0.762. The lowest BCUT2D eigenvalue weighted by Gasteiger charge is -2.17. The first kappa shape index (κ1) is 16.7. The van der Waals surface area contributed by atoms with E-state index in [1.54, 1.807) is 30.1 Å². The molecule has 0 spiro atoms. The summed E-state index contributed by atoms with van der Waals surface area (Å²) in [5, 5.41) is 13.9. The molecule has 3 aromatic rings. The van der Waals surface area contributed by atoms with Gasteiger partial charge in [-0.05, 0) is 18.6 Å². The zero-order valence-electron chi connectivity index (χ0n) is 15.1. The van der Waals surface area contributed by atoms with Crippen LogP contribution in [0.2, 0.25) is 0 Å². The molecule has 0 bridgehead atoms. The first-order chi connectivity index (χ1) is 13.0. The summed E-state index contributed by atoms with van der Waals surface area (Å²) in [6.45, 7) is 2.04. The summed E-state index contributed by atoms with van der Waals surface area (Å²) in [4.78, 5) is 4.45. The van der Waals surface area contributed by atoms with E-state index < -0.39 is 0 Å². The van der Waals surface area contributed by atoms with Gasteiger partial charge in [0.05, 0.1) is 19.0 Å². The van der Waals surface area contributed by atoms with Crippen molar-refractivity contribution in [3.8, 4) is 45.7 Å². The molecule has 8 heteroatoms. The molecule has 27 heavy (non-hydrogen) atoms. The second-order valence-corrected chi connectivity index (χ2v) is 6.14. The third kappa shape index (κ3) is 2.60. The highest BCUT2D eigenvalue weighted by atomic mass is 16.7. The van der Waals surface area contributed by atoms with Crippen molar-refractivity contribution in [1.82, 2.24) is 14.8 Å². The molecule has 0 amide bonds. The molecule has 3 heterocycles. The van der Waals surface area contributed by atoms with E-state index in [4.69, 9.17) is 19.9 Å². The molecule has 0 atom stereocenters. The third-order valence-electron chi connectivity index (χ3n) is 4.52. The smallest absolute Gasteiger partial charge is 0.231 e. The molecule has 0 fully saturated rings. The number of nitriles is 1. The molecule has 0 radical (unpaired) electrons. The molecule has 4 rings (SSSR count). The molecule has 2 N–H and O–H groups in total. The Labute approximate surface area is 155 Å². The van der Waals surface area contributed by atoms with Crippen LogP contribution in [0.5, 0.6) is 17.2 Å². The van der Waals surface area contributed by atoms with Crippen LogP contribution in [0, 0.1) is 18.3 Å². The third-order valence-corrected chi connectivity index (χ3v) is 4.52. The Morgan fingerprint density at radius 3 is 2.67 bits per heavy atom. The molecule has 0 aliphatic carbocycles. The van der Waals surface area contributed by atoms with Crippen molar-refractivity contribution in [1.29, 1.82) is 5.26 Å². The fourth-order valence-electron chi connectivity index (χ4n) is 3.26. The van der Waals surface area contributed by atoms with Gasteiger partial charge in [-0.2, -0.15) is 10.4 Å². The molecular weight excluding hydrogens is 346 g/mol. The van der Waals surface area contributed by atoms with Crippen LogP contribution in [0.15, 0.2) is 24.5 Å². The van der Waals surface area contributed by atoms with Gasteiger partial charge >= 0.3 is 0 Å². The number of methoxy groups -OCH3 is 1. The van der Waals surface area contributed by atoms with E-state index in [9.17, 15) is 5.26 Å². The van der Waals surface area contributed by atoms with E-state index in [2.05, 4.69) is 16.2 Å². The lowest BCUT2D eigenvalue weighted by molar-refractivity contribution is 0.174. The standard InChI is InChI=1S/C19H17N5O3/c1-10-17(12-4-15-16(27-9-26-15)5-14(12)25-3)13(6-20)19(21)23-18(10)11-7-22-24(2)8-11/h4-5,7-8H,9H2,1-3H3,(H2,21,23). The summed E-state index contributed by atoms with van der Waals surface area (Å²) >= 11 is 0. The average molecular weight is 363 g/mol. The Balaban J connectivity index is 2.03. The number of hydrogen-bond donors (Lipinski definition) is 1. The van der Waals surface area contributed by atoms with E-state index in [0.29, 0.717) is 34.1 Å². The van der Waals surface area contributed by atoms with Crippen LogP contribution in [-0.4, -0.2) is 28.7 Å². The van der Waals surface area contributed by atoms with E-state index in [-0.39, 0.29) is 18.2 Å². The van der Waals surface area contributed by atoms with Gasteiger partial charge in [-0.3, -0.25) is 4.68 Å². The van der Waals surface area contributed by atoms with Gasteiger partial charge in [-0.1, -0.05) is 0 Å². The minimum atomic E-state index is 0.144. The molecule has 136 valence electrons.